The Morgan fingerprint density at radius 2 is 1.89 bits per heavy atom. The summed E-state index contributed by atoms with van der Waals surface area (Å²) in [6.45, 7) is 1.49. The molecular weight excluding hydrogens is 368 g/mol. The molecule has 27 heavy (non-hydrogen) atoms. The summed E-state index contributed by atoms with van der Waals surface area (Å²) < 4.78 is 25.4. The van der Waals surface area contributed by atoms with E-state index in [0.717, 1.165) is 50.9 Å². The molecule has 2 aliphatic heterocycles. The van der Waals surface area contributed by atoms with E-state index in [9.17, 15) is 18.0 Å². The minimum absolute atomic E-state index is 0.0255. The minimum atomic E-state index is -3.02. The molecule has 1 atom stereocenters. The van der Waals surface area contributed by atoms with E-state index in [-0.39, 0.29) is 41.6 Å². The number of hydrogen-bond donors (Lipinski definition) is 1. The third kappa shape index (κ3) is 4.17. The fourth-order valence-electron chi connectivity index (χ4n) is 3.97. The molecule has 3 aliphatic rings. The van der Waals surface area contributed by atoms with Gasteiger partial charge in [0.2, 0.25) is 5.91 Å². The summed E-state index contributed by atoms with van der Waals surface area (Å²) in [5.41, 5.74) is 1.22. The van der Waals surface area contributed by atoms with Gasteiger partial charge >= 0.3 is 0 Å². The lowest BCUT2D eigenvalue weighted by molar-refractivity contribution is -0.130. The normalized spacial score (nSPS) is 24.7. The second kappa shape index (κ2) is 7.26. The van der Waals surface area contributed by atoms with Crippen molar-refractivity contribution >= 4 is 21.7 Å². The number of nitrogens with one attached hydrogen (secondary N) is 1. The van der Waals surface area contributed by atoms with Crippen LogP contribution in [0, 0.1) is 0 Å². The Hall–Kier alpha value is -1.90. The zero-order valence-electron chi connectivity index (χ0n) is 15.4. The molecule has 1 aromatic heterocycles. The summed E-state index contributed by atoms with van der Waals surface area (Å²) in [5.74, 6) is 0.183. The van der Waals surface area contributed by atoms with Crippen molar-refractivity contribution in [2.75, 3.05) is 31.1 Å². The van der Waals surface area contributed by atoms with E-state index >= 15 is 0 Å². The molecule has 2 saturated heterocycles. The van der Waals surface area contributed by atoms with Crippen molar-refractivity contribution < 1.29 is 18.0 Å². The number of rotatable bonds is 5. The summed E-state index contributed by atoms with van der Waals surface area (Å²) in [7, 11) is -3.02. The van der Waals surface area contributed by atoms with E-state index in [1.165, 1.54) is 0 Å². The molecule has 0 aromatic carbocycles. The number of nitrogens with zero attached hydrogens (tertiary/aromatic N) is 3. The van der Waals surface area contributed by atoms with Gasteiger partial charge in [-0.05, 0) is 44.6 Å². The van der Waals surface area contributed by atoms with Crippen LogP contribution in [0.15, 0.2) is 6.07 Å². The summed E-state index contributed by atoms with van der Waals surface area (Å²) >= 11 is 0. The fraction of sp³-hybridized carbons (Fsp3) is 0.722. The number of carbonyl (C=O) groups is 2. The van der Waals surface area contributed by atoms with E-state index in [1.807, 2.05) is 0 Å². The van der Waals surface area contributed by atoms with Gasteiger partial charge in [0.15, 0.2) is 9.84 Å². The molecular formula is C18H26N4O4S. The lowest BCUT2D eigenvalue weighted by atomic mass is 10.1. The molecule has 4 rings (SSSR count). The Balaban J connectivity index is 1.43. The maximum Gasteiger partial charge on any atom is 0.272 e. The van der Waals surface area contributed by atoms with Gasteiger partial charge in [-0.2, -0.15) is 5.10 Å². The molecule has 0 spiro atoms. The molecule has 3 heterocycles. The first-order valence-corrected chi connectivity index (χ1v) is 11.6. The molecule has 1 aliphatic carbocycles. The van der Waals surface area contributed by atoms with Crippen LogP contribution in [0.5, 0.6) is 0 Å². The average Bonchev–Trinajstić information content (AvgIpc) is 3.31. The van der Waals surface area contributed by atoms with Crippen molar-refractivity contribution in [3.8, 4) is 0 Å². The molecule has 0 radical (unpaired) electrons. The summed E-state index contributed by atoms with van der Waals surface area (Å²) in [6.07, 6.45) is 5.80. The second-order valence-electron chi connectivity index (χ2n) is 7.85. The highest BCUT2D eigenvalue weighted by Crippen LogP contribution is 2.42. The molecule has 9 heteroatoms. The van der Waals surface area contributed by atoms with Gasteiger partial charge in [-0.1, -0.05) is 0 Å². The van der Waals surface area contributed by atoms with Crippen molar-refractivity contribution in [1.82, 2.24) is 20.0 Å². The highest BCUT2D eigenvalue weighted by Gasteiger charge is 2.36. The fourth-order valence-corrected chi connectivity index (χ4v) is 5.66. The van der Waals surface area contributed by atoms with Crippen LogP contribution in [-0.2, 0) is 14.6 Å². The summed E-state index contributed by atoms with van der Waals surface area (Å²) in [6, 6.07) is 1.57. The molecule has 3 fully saturated rings. The number of piperidine rings is 1. The maximum absolute atomic E-state index is 12.5. The number of likely N-dealkylation sites (tertiary alicyclic amines) is 1. The van der Waals surface area contributed by atoms with E-state index in [0.29, 0.717) is 12.3 Å². The van der Waals surface area contributed by atoms with Crippen LogP contribution in [0.4, 0.5) is 0 Å². The molecule has 2 amide bonds. The number of hydrogen-bond acceptors (Lipinski definition) is 5. The van der Waals surface area contributed by atoms with Gasteiger partial charge in [0, 0.05) is 24.7 Å². The van der Waals surface area contributed by atoms with Crippen LogP contribution in [-0.4, -0.2) is 66.1 Å². The van der Waals surface area contributed by atoms with E-state index in [4.69, 9.17) is 0 Å². The van der Waals surface area contributed by atoms with Crippen molar-refractivity contribution in [2.24, 2.45) is 0 Å². The smallest absolute Gasteiger partial charge is 0.272 e. The first kappa shape index (κ1) is 18.5. The maximum atomic E-state index is 12.5. The number of carbonyl (C=O) groups excluding carboxylic acids is 2. The number of sulfone groups is 1. The molecule has 0 bridgehead atoms. The van der Waals surface area contributed by atoms with Crippen LogP contribution in [0.3, 0.4) is 0 Å². The predicted octanol–water partition coefficient (Wildman–Crippen LogP) is 0.862. The van der Waals surface area contributed by atoms with Crippen LogP contribution in [0.25, 0.3) is 0 Å². The number of amides is 2. The van der Waals surface area contributed by atoms with Gasteiger partial charge in [0.1, 0.15) is 5.69 Å². The van der Waals surface area contributed by atoms with Crippen LogP contribution in [0.2, 0.25) is 0 Å². The first-order valence-electron chi connectivity index (χ1n) is 9.79. The lowest BCUT2D eigenvalue weighted by Gasteiger charge is -2.26. The van der Waals surface area contributed by atoms with E-state index in [2.05, 4.69) is 10.4 Å². The van der Waals surface area contributed by atoms with Gasteiger partial charge in [0.05, 0.1) is 24.1 Å². The van der Waals surface area contributed by atoms with Crippen LogP contribution in [0.1, 0.15) is 66.7 Å². The summed E-state index contributed by atoms with van der Waals surface area (Å²) in [4.78, 5) is 26.5. The highest BCUT2D eigenvalue weighted by atomic mass is 32.2. The quantitative estimate of drug-likeness (QED) is 0.798. The van der Waals surface area contributed by atoms with Crippen molar-refractivity contribution in [1.29, 1.82) is 0 Å². The van der Waals surface area contributed by atoms with Crippen LogP contribution >= 0.6 is 0 Å². The van der Waals surface area contributed by atoms with Crippen molar-refractivity contribution in [3.63, 3.8) is 0 Å². The third-order valence-electron chi connectivity index (χ3n) is 5.66. The van der Waals surface area contributed by atoms with E-state index in [1.54, 1.807) is 15.6 Å². The largest absolute Gasteiger partial charge is 0.342 e. The molecule has 1 unspecified atom stereocenters. The van der Waals surface area contributed by atoms with Gasteiger partial charge in [-0.25, -0.2) is 8.42 Å². The molecule has 1 saturated carbocycles. The third-order valence-corrected chi connectivity index (χ3v) is 7.41. The highest BCUT2D eigenvalue weighted by molar-refractivity contribution is 7.91. The molecule has 1 N–H and O–H groups in total. The van der Waals surface area contributed by atoms with Gasteiger partial charge < -0.3 is 10.2 Å². The molecule has 1 aromatic rings. The zero-order chi connectivity index (χ0) is 19.0. The monoisotopic (exact) mass is 394 g/mol. The van der Waals surface area contributed by atoms with Gasteiger partial charge in [0.25, 0.3) is 5.91 Å². The van der Waals surface area contributed by atoms with Gasteiger partial charge in [-0.3, -0.25) is 14.3 Å². The molecule has 148 valence electrons. The Bertz CT molecular complexity index is 838. The Morgan fingerprint density at radius 3 is 2.52 bits per heavy atom. The zero-order valence-corrected chi connectivity index (χ0v) is 16.2. The lowest BCUT2D eigenvalue weighted by Crippen LogP contribution is -2.42. The number of aromatic nitrogens is 2. The van der Waals surface area contributed by atoms with Gasteiger partial charge in [-0.15, -0.1) is 0 Å². The van der Waals surface area contributed by atoms with E-state index < -0.39 is 9.84 Å². The standard InChI is InChI=1S/C18H26N4O4S/c23-17(21-7-2-1-3-8-21)11-19-18(24)15-10-16(13-4-5-13)22(20-15)14-6-9-27(25,26)12-14/h10,13-14H,1-9,11-12H2,(H,19,24). The predicted molar refractivity (Wildman–Crippen MR) is 99.3 cm³/mol. The molecule has 8 nitrogen and oxygen atoms in total. The Morgan fingerprint density at radius 1 is 1.15 bits per heavy atom. The second-order valence-corrected chi connectivity index (χ2v) is 10.1. The Labute approximate surface area is 159 Å². The van der Waals surface area contributed by atoms with Crippen LogP contribution < -0.4 is 5.32 Å². The van der Waals surface area contributed by atoms with Crippen molar-refractivity contribution in [2.45, 2.75) is 50.5 Å². The SMILES string of the molecule is O=C(NCC(=O)N1CCCCC1)c1cc(C2CC2)n(C2CCS(=O)(=O)C2)n1. The average molecular weight is 394 g/mol. The minimum Gasteiger partial charge on any atom is -0.342 e. The topological polar surface area (TPSA) is 101 Å². The Kier molecular flexibility index (Phi) is 4.96. The summed E-state index contributed by atoms with van der Waals surface area (Å²) in [5, 5.41) is 7.10. The van der Waals surface area contributed by atoms with Crippen molar-refractivity contribution in [3.05, 3.63) is 17.5 Å². The first-order chi connectivity index (χ1) is 12.9.